The molecule has 45 heavy (non-hydrogen) atoms. The summed E-state index contributed by atoms with van der Waals surface area (Å²) in [4.78, 5) is 0. The third-order valence-corrected chi connectivity index (χ3v) is 15.0. The number of hydrogen-bond acceptors (Lipinski definition) is 6. The number of benzene rings is 2. The largest absolute Gasteiger partial charge is 0.494 e. The number of ether oxygens (including phenoxy) is 2. The lowest BCUT2D eigenvalue weighted by Gasteiger charge is -2.28. The van der Waals surface area contributed by atoms with Crippen LogP contribution >= 0.6 is 47.0 Å². The predicted molar refractivity (Wildman–Crippen MR) is 209 cm³/mol. The fourth-order valence-electron chi connectivity index (χ4n) is 5.46. The molecule has 0 unspecified atom stereocenters. The van der Waals surface area contributed by atoms with Crippen molar-refractivity contribution in [3.05, 3.63) is 59.7 Å². The third kappa shape index (κ3) is 15.9. The highest BCUT2D eigenvalue weighted by molar-refractivity contribution is 8.17. The highest BCUT2D eigenvalue weighted by atomic mass is 32.2. The topological polar surface area (TPSA) is 18.5 Å². The Bertz CT molecular complexity index is 968. The molecule has 0 bridgehead atoms. The summed E-state index contributed by atoms with van der Waals surface area (Å²) in [6.45, 7) is 10.7. The number of thioether (sulfide) groups is 4. The van der Waals surface area contributed by atoms with Gasteiger partial charge in [0.15, 0.2) is 0 Å². The maximum Gasteiger partial charge on any atom is 0.119 e. The summed E-state index contributed by atoms with van der Waals surface area (Å²) in [5.74, 6) is 9.19. The van der Waals surface area contributed by atoms with Crippen LogP contribution in [0.4, 0.5) is 0 Å². The van der Waals surface area contributed by atoms with Crippen LogP contribution in [0.15, 0.2) is 48.5 Å². The molecule has 2 saturated heterocycles. The average molecular weight is 691 g/mol. The van der Waals surface area contributed by atoms with Crippen LogP contribution in [-0.2, 0) is 0 Å². The SMILES string of the molecule is CCCCCCCOc1ccc(C2SCC(CCCC)CS2)cc1.CCCCOc1ccc(C2SCC(CCCC)CS2)cc1. The minimum atomic E-state index is 0.617. The number of hydrogen-bond donors (Lipinski definition) is 0. The van der Waals surface area contributed by atoms with Crippen LogP contribution in [0.1, 0.15) is 131 Å². The van der Waals surface area contributed by atoms with Crippen LogP contribution in [0.25, 0.3) is 0 Å². The maximum atomic E-state index is 5.88. The van der Waals surface area contributed by atoms with Crippen molar-refractivity contribution in [2.24, 2.45) is 11.8 Å². The molecular formula is C39H62O2S4. The Balaban J connectivity index is 0.000000248. The summed E-state index contributed by atoms with van der Waals surface area (Å²) >= 11 is 8.51. The second-order valence-electron chi connectivity index (χ2n) is 12.6. The molecule has 2 fully saturated rings. The van der Waals surface area contributed by atoms with E-state index in [1.54, 1.807) is 0 Å². The Morgan fingerprint density at radius 1 is 0.467 bits per heavy atom. The molecule has 0 spiro atoms. The first kappa shape index (κ1) is 38.9. The molecule has 2 aliphatic heterocycles. The molecule has 0 radical (unpaired) electrons. The second kappa shape index (κ2) is 24.6. The Morgan fingerprint density at radius 3 is 1.24 bits per heavy atom. The molecule has 2 aromatic rings. The Kier molecular flexibility index (Phi) is 21.2. The smallest absolute Gasteiger partial charge is 0.119 e. The summed E-state index contributed by atoms with van der Waals surface area (Å²) in [6, 6.07) is 17.6. The van der Waals surface area contributed by atoms with E-state index in [0.29, 0.717) is 9.16 Å². The van der Waals surface area contributed by atoms with Gasteiger partial charge >= 0.3 is 0 Å². The predicted octanol–water partition coefficient (Wildman–Crippen LogP) is 13.5. The Hall–Kier alpha value is -0.560. The van der Waals surface area contributed by atoms with E-state index in [9.17, 15) is 0 Å². The van der Waals surface area contributed by atoms with Crippen molar-refractivity contribution in [1.82, 2.24) is 0 Å². The third-order valence-electron chi connectivity index (χ3n) is 8.45. The van der Waals surface area contributed by atoms with Gasteiger partial charge in [-0.05, 0) is 95.9 Å². The standard InChI is InChI=1S/C21H34OS2.C18H28OS2/c1-3-5-7-8-9-15-22-20-13-11-19(12-14-20)21-23-16-18(17-24-21)10-6-4-2;1-3-5-7-15-13-20-18(21-14-15)16-8-10-17(11-9-16)19-12-6-4-2/h11-14,18,21H,3-10,15-17H2,1-2H3;8-11,15,18H,3-7,12-14H2,1-2H3. The first-order valence-corrected chi connectivity index (χ1v) is 22.3. The zero-order chi connectivity index (χ0) is 32.0. The monoisotopic (exact) mass is 690 g/mol. The van der Waals surface area contributed by atoms with Gasteiger partial charge < -0.3 is 9.47 Å². The molecular weight excluding hydrogens is 629 g/mol. The fraction of sp³-hybridized carbons (Fsp3) is 0.692. The van der Waals surface area contributed by atoms with Gasteiger partial charge in [-0.3, -0.25) is 0 Å². The molecule has 2 heterocycles. The van der Waals surface area contributed by atoms with Crippen molar-refractivity contribution in [2.75, 3.05) is 36.2 Å². The molecule has 0 N–H and O–H groups in total. The number of unbranched alkanes of at least 4 members (excludes halogenated alkanes) is 7. The highest BCUT2D eigenvalue weighted by Crippen LogP contribution is 2.47. The Morgan fingerprint density at radius 2 is 0.844 bits per heavy atom. The van der Waals surface area contributed by atoms with E-state index < -0.39 is 0 Å². The molecule has 0 atom stereocenters. The lowest BCUT2D eigenvalue weighted by atomic mass is 10.1. The van der Waals surface area contributed by atoms with Gasteiger partial charge in [0.05, 0.1) is 22.4 Å². The molecule has 2 nitrogen and oxygen atoms in total. The van der Waals surface area contributed by atoms with E-state index in [2.05, 4.69) is 123 Å². The van der Waals surface area contributed by atoms with Gasteiger partial charge in [0.2, 0.25) is 0 Å². The van der Waals surface area contributed by atoms with Crippen LogP contribution in [-0.4, -0.2) is 36.2 Å². The molecule has 6 heteroatoms. The van der Waals surface area contributed by atoms with E-state index in [4.69, 9.17) is 9.47 Å². The van der Waals surface area contributed by atoms with Gasteiger partial charge in [0.1, 0.15) is 11.5 Å². The zero-order valence-electron chi connectivity index (χ0n) is 28.8. The van der Waals surface area contributed by atoms with Crippen LogP contribution < -0.4 is 9.47 Å². The van der Waals surface area contributed by atoms with Crippen molar-refractivity contribution in [2.45, 2.75) is 120 Å². The second-order valence-corrected chi connectivity index (χ2v) is 17.8. The summed E-state index contributed by atoms with van der Waals surface area (Å²) in [7, 11) is 0. The zero-order valence-corrected chi connectivity index (χ0v) is 32.1. The van der Waals surface area contributed by atoms with Crippen molar-refractivity contribution < 1.29 is 9.47 Å². The fourth-order valence-corrected chi connectivity index (χ4v) is 11.8. The minimum Gasteiger partial charge on any atom is -0.494 e. The van der Waals surface area contributed by atoms with E-state index >= 15 is 0 Å². The van der Waals surface area contributed by atoms with E-state index in [-0.39, 0.29) is 0 Å². The van der Waals surface area contributed by atoms with Gasteiger partial charge in [-0.1, -0.05) is 110 Å². The lowest BCUT2D eigenvalue weighted by Crippen LogP contribution is -2.14. The molecule has 0 aliphatic carbocycles. The van der Waals surface area contributed by atoms with Gasteiger partial charge in [-0.2, -0.15) is 0 Å². The van der Waals surface area contributed by atoms with Gasteiger partial charge in [-0.25, -0.2) is 0 Å². The molecule has 254 valence electrons. The van der Waals surface area contributed by atoms with Crippen molar-refractivity contribution in [3.63, 3.8) is 0 Å². The summed E-state index contributed by atoms with van der Waals surface area (Å²) in [6.07, 6.45) is 17.0. The molecule has 0 aromatic heterocycles. The van der Waals surface area contributed by atoms with E-state index in [0.717, 1.165) is 43.0 Å². The van der Waals surface area contributed by atoms with Crippen molar-refractivity contribution in [3.8, 4) is 11.5 Å². The molecule has 4 rings (SSSR count). The van der Waals surface area contributed by atoms with Crippen LogP contribution in [0.2, 0.25) is 0 Å². The molecule has 0 amide bonds. The molecule has 0 saturated carbocycles. The average Bonchev–Trinajstić information content (AvgIpc) is 3.09. The van der Waals surface area contributed by atoms with Crippen LogP contribution in [0.3, 0.4) is 0 Å². The molecule has 2 aromatic carbocycles. The van der Waals surface area contributed by atoms with Crippen LogP contribution in [0.5, 0.6) is 11.5 Å². The quantitative estimate of drug-likeness (QED) is 0.136. The van der Waals surface area contributed by atoms with Gasteiger partial charge in [-0.15, -0.1) is 47.0 Å². The van der Waals surface area contributed by atoms with Crippen LogP contribution in [0, 0.1) is 11.8 Å². The highest BCUT2D eigenvalue weighted by Gasteiger charge is 2.24. The molecule has 2 aliphatic rings. The summed E-state index contributed by atoms with van der Waals surface area (Å²) < 4.78 is 12.8. The first-order valence-electron chi connectivity index (χ1n) is 18.1. The summed E-state index contributed by atoms with van der Waals surface area (Å²) in [5.41, 5.74) is 2.90. The first-order chi connectivity index (χ1) is 22.2. The minimum absolute atomic E-state index is 0.617. The van der Waals surface area contributed by atoms with Crippen molar-refractivity contribution >= 4 is 47.0 Å². The lowest BCUT2D eigenvalue weighted by molar-refractivity contribution is 0.304. The summed E-state index contributed by atoms with van der Waals surface area (Å²) in [5, 5.41) is 0. The van der Waals surface area contributed by atoms with Gasteiger partial charge in [0, 0.05) is 0 Å². The number of rotatable bonds is 19. The Labute approximate surface area is 294 Å². The van der Waals surface area contributed by atoms with Crippen molar-refractivity contribution in [1.29, 1.82) is 0 Å². The van der Waals surface area contributed by atoms with E-state index in [1.165, 1.54) is 111 Å². The van der Waals surface area contributed by atoms with Gasteiger partial charge in [0.25, 0.3) is 0 Å². The normalized spacial score (nSPS) is 21.5. The van der Waals surface area contributed by atoms with E-state index in [1.807, 2.05) is 0 Å². The maximum absolute atomic E-state index is 5.88.